The van der Waals surface area contributed by atoms with Crippen molar-refractivity contribution in [2.24, 2.45) is 15.9 Å². The second-order valence-electron chi connectivity index (χ2n) is 2.43. The minimum atomic E-state index is -0.457. The molecule has 0 aromatic heterocycles. The fourth-order valence-corrected chi connectivity index (χ4v) is 1.05. The molecular weight excluding hydrogens is 158 g/mol. The second-order valence-corrected chi connectivity index (χ2v) is 2.43. The third kappa shape index (κ3) is 1.09. The standard InChI is InChI=1S/C7H7N3O2/c11-6-5-3-8-4-10-7(5)12-2-1-9-6/h1-5,7H,(H,9,11). The Kier molecular flexibility index (Phi) is 1.62. The lowest BCUT2D eigenvalue weighted by molar-refractivity contribution is -0.123. The summed E-state index contributed by atoms with van der Waals surface area (Å²) in [6.07, 6.45) is 5.32. The average Bonchev–Trinajstić information content (AvgIpc) is 2.29. The molecule has 0 fully saturated rings. The van der Waals surface area contributed by atoms with E-state index >= 15 is 0 Å². The van der Waals surface area contributed by atoms with Gasteiger partial charge in [-0.05, 0) is 0 Å². The lowest BCUT2D eigenvalue weighted by atomic mass is 10.1. The van der Waals surface area contributed by atoms with Crippen molar-refractivity contribution >= 4 is 18.5 Å². The monoisotopic (exact) mass is 165 g/mol. The number of aliphatic imine (C=N–C) groups is 2. The first-order chi connectivity index (χ1) is 5.88. The van der Waals surface area contributed by atoms with E-state index in [2.05, 4.69) is 15.3 Å². The fourth-order valence-electron chi connectivity index (χ4n) is 1.05. The first kappa shape index (κ1) is 7.02. The number of nitrogens with one attached hydrogen (secondary N) is 1. The molecule has 0 saturated carbocycles. The Hall–Kier alpha value is -1.65. The first-order valence-corrected chi connectivity index (χ1v) is 3.54. The highest BCUT2D eigenvalue weighted by Gasteiger charge is 2.29. The molecule has 2 aliphatic heterocycles. The molecule has 0 bridgehead atoms. The van der Waals surface area contributed by atoms with E-state index in [1.807, 2.05) is 0 Å². The van der Waals surface area contributed by atoms with Gasteiger partial charge in [-0.3, -0.25) is 4.79 Å². The molecule has 5 nitrogen and oxygen atoms in total. The van der Waals surface area contributed by atoms with E-state index in [0.717, 1.165) is 0 Å². The molecule has 5 heteroatoms. The van der Waals surface area contributed by atoms with Crippen molar-refractivity contribution in [3.05, 3.63) is 12.5 Å². The molecule has 2 rings (SSSR count). The molecule has 0 aromatic rings. The smallest absolute Gasteiger partial charge is 0.238 e. The average molecular weight is 165 g/mol. The van der Waals surface area contributed by atoms with Crippen LogP contribution >= 0.6 is 0 Å². The summed E-state index contributed by atoms with van der Waals surface area (Å²) in [4.78, 5) is 18.9. The van der Waals surface area contributed by atoms with Gasteiger partial charge in [-0.15, -0.1) is 0 Å². The van der Waals surface area contributed by atoms with E-state index < -0.39 is 12.1 Å². The molecule has 62 valence electrons. The summed E-state index contributed by atoms with van der Waals surface area (Å²) >= 11 is 0. The van der Waals surface area contributed by atoms with Crippen LogP contribution in [0.4, 0.5) is 0 Å². The van der Waals surface area contributed by atoms with Gasteiger partial charge < -0.3 is 10.1 Å². The molecule has 2 heterocycles. The number of hydrogen-bond acceptors (Lipinski definition) is 4. The van der Waals surface area contributed by atoms with Crippen LogP contribution in [0.1, 0.15) is 0 Å². The zero-order chi connectivity index (χ0) is 8.39. The molecule has 0 aliphatic carbocycles. The van der Waals surface area contributed by atoms with Crippen molar-refractivity contribution in [3.8, 4) is 0 Å². The third-order valence-corrected chi connectivity index (χ3v) is 1.65. The van der Waals surface area contributed by atoms with E-state index in [-0.39, 0.29) is 5.91 Å². The van der Waals surface area contributed by atoms with Crippen LogP contribution in [0.3, 0.4) is 0 Å². The fraction of sp³-hybridized carbons (Fsp3) is 0.286. The molecule has 1 amide bonds. The van der Waals surface area contributed by atoms with E-state index in [9.17, 15) is 4.79 Å². The molecule has 2 aliphatic rings. The molecule has 0 radical (unpaired) electrons. The normalized spacial score (nSPS) is 31.8. The topological polar surface area (TPSA) is 63.0 Å². The Labute approximate surface area is 68.8 Å². The van der Waals surface area contributed by atoms with Gasteiger partial charge in [-0.25, -0.2) is 9.98 Å². The Balaban J connectivity index is 2.25. The second kappa shape index (κ2) is 2.77. The van der Waals surface area contributed by atoms with Crippen molar-refractivity contribution in [1.82, 2.24) is 5.32 Å². The van der Waals surface area contributed by atoms with Crippen LogP contribution in [-0.2, 0) is 9.53 Å². The van der Waals surface area contributed by atoms with Gasteiger partial charge in [0, 0.05) is 12.4 Å². The van der Waals surface area contributed by atoms with Crippen LogP contribution in [-0.4, -0.2) is 24.7 Å². The number of hydrogen-bond donors (Lipinski definition) is 1. The van der Waals surface area contributed by atoms with Crippen LogP contribution in [0.25, 0.3) is 0 Å². The highest BCUT2D eigenvalue weighted by Crippen LogP contribution is 2.13. The van der Waals surface area contributed by atoms with E-state index in [1.165, 1.54) is 25.0 Å². The Bertz CT molecular complexity index is 282. The maximum absolute atomic E-state index is 11.2. The van der Waals surface area contributed by atoms with Gasteiger partial charge in [0.15, 0.2) is 0 Å². The van der Waals surface area contributed by atoms with Gasteiger partial charge in [0.2, 0.25) is 12.1 Å². The number of amides is 1. The molecule has 12 heavy (non-hydrogen) atoms. The number of nitrogens with zero attached hydrogens (tertiary/aromatic N) is 2. The zero-order valence-corrected chi connectivity index (χ0v) is 6.18. The third-order valence-electron chi connectivity index (χ3n) is 1.65. The molecule has 0 spiro atoms. The van der Waals surface area contributed by atoms with Crippen LogP contribution in [0.15, 0.2) is 22.4 Å². The Morgan fingerprint density at radius 2 is 2.50 bits per heavy atom. The summed E-state index contributed by atoms with van der Waals surface area (Å²) in [6, 6.07) is 0. The van der Waals surface area contributed by atoms with Crippen LogP contribution in [0.5, 0.6) is 0 Å². The Morgan fingerprint density at radius 3 is 3.42 bits per heavy atom. The minimum Gasteiger partial charge on any atom is -0.474 e. The molecule has 0 saturated heterocycles. The number of rotatable bonds is 0. The predicted molar refractivity (Wildman–Crippen MR) is 42.6 cm³/mol. The molecular formula is C7H7N3O2. The predicted octanol–water partition coefficient (Wildman–Crippen LogP) is -0.341. The number of fused-ring (bicyclic) bond motifs is 1. The van der Waals surface area contributed by atoms with Crippen LogP contribution < -0.4 is 5.32 Å². The largest absolute Gasteiger partial charge is 0.474 e. The van der Waals surface area contributed by atoms with Crippen LogP contribution in [0.2, 0.25) is 0 Å². The van der Waals surface area contributed by atoms with Crippen molar-refractivity contribution in [3.63, 3.8) is 0 Å². The van der Waals surface area contributed by atoms with Gasteiger partial charge in [0.05, 0.1) is 0 Å². The zero-order valence-electron chi connectivity index (χ0n) is 6.18. The van der Waals surface area contributed by atoms with E-state index in [1.54, 1.807) is 0 Å². The van der Waals surface area contributed by atoms with Gasteiger partial charge in [0.25, 0.3) is 0 Å². The minimum absolute atomic E-state index is 0.144. The summed E-state index contributed by atoms with van der Waals surface area (Å²) in [5.74, 6) is -0.556. The van der Waals surface area contributed by atoms with E-state index in [0.29, 0.717) is 0 Å². The summed E-state index contributed by atoms with van der Waals surface area (Å²) in [7, 11) is 0. The maximum Gasteiger partial charge on any atom is 0.238 e. The molecule has 2 unspecified atom stereocenters. The van der Waals surface area contributed by atoms with Gasteiger partial charge in [0.1, 0.15) is 18.5 Å². The maximum atomic E-state index is 11.2. The van der Waals surface area contributed by atoms with E-state index in [4.69, 9.17) is 4.74 Å². The van der Waals surface area contributed by atoms with Crippen molar-refractivity contribution < 1.29 is 9.53 Å². The highest BCUT2D eigenvalue weighted by atomic mass is 16.5. The molecule has 1 N–H and O–H groups in total. The number of ether oxygens (including phenoxy) is 1. The van der Waals surface area contributed by atoms with Crippen LogP contribution in [0, 0.1) is 5.92 Å². The first-order valence-electron chi connectivity index (χ1n) is 3.54. The van der Waals surface area contributed by atoms with Crippen molar-refractivity contribution in [2.75, 3.05) is 0 Å². The summed E-state index contributed by atoms with van der Waals surface area (Å²) < 4.78 is 5.12. The number of carbonyl (C=O) groups is 1. The van der Waals surface area contributed by atoms with Crippen molar-refractivity contribution in [1.29, 1.82) is 0 Å². The molecule has 2 atom stereocenters. The summed E-state index contributed by atoms with van der Waals surface area (Å²) in [6.45, 7) is 0. The summed E-state index contributed by atoms with van der Waals surface area (Å²) in [5.41, 5.74) is 0. The van der Waals surface area contributed by atoms with Gasteiger partial charge in [-0.2, -0.15) is 0 Å². The lowest BCUT2D eigenvalue weighted by Crippen LogP contribution is -2.35. The van der Waals surface area contributed by atoms with Gasteiger partial charge in [-0.1, -0.05) is 0 Å². The highest BCUT2D eigenvalue weighted by molar-refractivity contribution is 5.97. The quantitative estimate of drug-likeness (QED) is 0.533. The summed E-state index contributed by atoms with van der Waals surface area (Å²) in [5, 5.41) is 2.53. The van der Waals surface area contributed by atoms with Crippen molar-refractivity contribution in [2.45, 2.75) is 6.23 Å². The SMILES string of the molecule is O=C1NC=COC2N=CN=CC12. The lowest BCUT2D eigenvalue weighted by Gasteiger charge is -2.17. The molecule has 0 aromatic carbocycles. The van der Waals surface area contributed by atoms with Gasteiger partial charge >= 0.3 is 0 Å². The Morgan fingerprint density at radius 1 is 1.58 bits per heavy atom. The number of carbonyl (C=O) groups excluding carboxylic acids is 1.